The maximum absolute atomic E-state index is 11.2. The maximum atomic E-state index is 11.2. The summed E-state index contributed by atoms with van der Waals surface area (Å²) >= 11 is 0. The Bertz CT molecular complexity index is 575. The number of nitro groups is 1. The summed E-state index contributed by atoms with van der Waals surface area (Å²) < 4.78 is 1.53. The minimum Gasteiger partial charge on any atom is -0.364 e. The van der Waals surface area contributed by atoms with Crippen molar-refractivity contribution in [2.75, 3.05) is 11.9 Å². The Morgan fingerprint density at radius 1 is 1.50 bits per heavy atom. The Balaban J connectivity index is 2.11. The van der Waals surface area contributed by atoms with Gasteiger partial charge in [-0.3, -0.25) is 10.1 Å². The van der Waals surface area contributed by atoms with Crippen LogP contribution >= 0.6 is 0 Å². The number of hydrogen-bond donors (Lipinski definition) is 2. The summed E-state index contributed by atoms with van der Waals surface area (Å²) in [5.74, 6) is 1.29. The Hall–Kier alpha value is -2.38. The second-order valence-electron chi connectivity index (χ2n) is 4.49. The van der Waals surface area contributed by atoms with Crippen molar-refractivity contribution in [1.82, 2.24) is 19.7 Å². The fourth-order valence-electron chi connectivity index (χ4n) is 2.10. The lowest BCUT2D eigenvalue weighted by Crippen LogP contribution is -2.10. The highest BCUT2D eigenvalue weighted by Gasteiger charge is 2.25. The first kappa shape index (κ1) is 14.0. The Morgan fingerprint density at radius 3 is 2.90 bits per heavy atom. The number of rotatable bonds is 7. The summed E-state index contributed by atoms with van der Waals surface area (Å²) in [4.78, 5) is 18.0. The molecule has 8 heteroatoms. The van der Waals surface area contributed by atoms with E-state index in [2.05, 4.69) is 20.4 Å². The first-order valence-electron chi connectivity index (χ1n) is 6.55. The minimum absolute atomic E-state index is 0.0776. The molecule has 0 radical (unpaired) electrons. The molecule has 0 aromatic carbocycles. The zero-order chi connectivity index (χ0) is 14.5. The summed E-state index contributed by atoms with van der Waals surface area (Å²) in [5, 5.41) is 18.5. The van der Waals surface area contributed by atoms with E-state index in [9.17, 15) is 10.1 Å². The summed E-state index contributed by atoms with van der Waals surface area (Å²) in [6, 6.07) is 0. The lowest BCUT2D eigenvalue weighted by molar-refractivity contribution is -0.384. The van der Waals surface area contributed by atoms with E-state index < -0.39 is 0 Å². The molecule has 0 amide bonds. The van der Waals surface area contributed by atoms with Crippen LogP contribution in [0.4, 0.5) is 11.5 Å². The van der Waals surface area contributed by atoms with Gasteiger partial charge in [0.1, 0.15) is 11.5 Å². The average molecular weight is 278 g/mol. The Kier molecular flexibility index (Phi) is 4.34. The molecule has 2 aromatic rings. The van der Waals surface area contributed by atoms with Crippen LogP contribution in [0.15, 0.2) is 12.4 Å². The van der Waals surface area contributed by atoms with Crippen LogP contribution in [0.2, 0.25) is 0 Å². The zero-order valence-electron chi connectivity index (χ0n) is 11.6. The van der Waals surface area contributed by atoms with Crippen molar-refractivity contribution in [2.45, 2.75) is 26.2 Å². The van der Waals surface area contributed by atoms with E-state index >= 15 is 0 Å². The SMILES string of the molecule is CCCc1nn(C)c(NCCc2ncc[nH]2)c1[N+](=O)[O-]. The lowest BCUT2D eigenvalue weighted by Gasteiger charge is -2.04. The van der Waals surface area contributed by atoms with Gasteiger partial charge in [0.2, 0.25) is 5.82 Å². The van der Waals surface area contributed by atoms with Gasteiger partial charge in [-0.05, 0) is 6.42 Å². The first-order valence-corrected chi connectivity index (χ1v) is 6.55. The van der Waals surface area contributed by atoms with E-state index in [0.29, 0.717) is 30.9 Å². The third kappa shape index (κ3) is 2.95. The van der Waals surface area contributed by atoms with Gasteiger partial charge in [0.25, 0.3) is 0 Å². The molecule has 20 heavy (non-hydrogen) atoms. The quantitative estimate of drug-likeness (QED) is 0.592. The van der Waals surface area contributed by atoms with Crippen LogP contribution in [0.5, 0.6) is 0 Å². The van der Waals surface area contributed by atoms with Crippen LogP contribution in [0, 0.1) is 10.1 Å². The molecule has 0 atom stereocenters. The topological polar surface area (TPSA) is 102 Å². The van der Waals surface area contributed by atoms with Crippen molar-refractivity contribution in [2.24, 2.45) is 7.05 Å². The summed E-state index contributed by atoms with van der Waals surface area (Å²) in [7, 11) is 1.71. The number of aryl methyl sites for hydroxylation is 2. The molecule has 2 N–H and O–H groups in total. The van der Waals surface area contributed by atoms with E-state index in [-0.39, 0.29) is 10.6 Å². The zero-order valence-corrected chi connectivity index (χ0v) is 11.6. The van der Waals surface area contributed by atoms with Gasteiger partial charge in [-0.15, -0.1) is 0 Å². The van der Waals surface area contributed by atoms with E-state index in [1.54, 1.807) is 19.4 Å². The van der Waals surface area contributed by atoms with Gasteiger partial charge in [0.05, 0.1) is 4.92 Å². The highest BCUT2D eigenvalue weighted by Crippen LogP contribution is 2.28. The number of nitrogens with zero attached hydrogens (tertiary/aromatic N) is 4. The van der Waals surface area contributed by atoms with Crippen molar-refractivity contribution >= 4 is 11.5 Å². The molecule has 2 heterocycles. The van der Waals surface area contributed by atoms with Crippen LogP contribution in [0.25, 0.3) is 0 Å². The highest BCUT2D eigenvalue weighted by atomic mass is 16.6. The number of H-pyrrole nitrogens is 1. The minimum atomic E-state index is -0.368. The second kappa shape index (κ2) is 6.18. The number of anilines is 1. The van der Waals surface area contributed by atoms with Crippen molar-refractivity contribution < 1.29 is 4.92 Å². The van der Waals surface area contributed by atoms with Crippen LogP contribution in [0.1, 0.15) is 24.9 Å². The number of aromatic amines is 1. The molecule has 0 aliphatic heterocycles. The third-order valence-electron chi connectivity index (χ3n) is 2.97. The summed E-state index contributed by atoms with van der Waals surface area (Å²) in [6.07, 6.45) is 5.52. The molecule has 108 valence electrons. The highest BCUT2D eigenvalue weighted by molar-refractivity contribution is 5.59. The molecular weight excluding hydrogens is 260 g/mol. The van der Waals surface area contributed by atoms with Crippen molar-refractivity contribution in [3.05, 3.63) is 34.0 Å². The van der Waals surface area contributed by atoms with Gasteiger partial charge in [-0.1, -0.05) is 13.3 Å². The van der Waals surface area contributed by atoms with Gasteiger partial charge in [0.15, 0.2) is 0 Å². The third-order valence-corrected chi connectivity index (χ3v) is 2.97. The smallest absolute Gasteiger partial charge is 0.333 e. The number of hydrogen-bond acceptors (Lipinski definition) is 5. The molecule has 0 spiro atoms. The van der Waals surface area contributed by atoms with Crippen LogP contribution < -0.4 is 5.32 Å². The second-order valence-corrected chi connectivity index (χ2v) is 4.49. The molecule has 0 aliphatic rings. The van der Waals surface area contributed by atoms with Crippen LogP contribution in [0.3, 0.4) is 0 Å². The average Bonchev–Trinajstić information content (AvgIpc) is 2.99. The number of aromatic nitrogens is 4. The van der Waals surface area contributed by atoms with Gasteiger partial charge >= 0.3 is 5.69 Å². The molecule has 0 unspecified atom stereocenters. The Morgan fingerprint density at radius 2 is 2.30 bits per heavy atom. The molecule has 0 aliphatic carbocycles. The molecule has 0 bridgehead atoms. The lowest BCUT2D eigenvalue weighted by atomic mass is 10.2. The molecule has 2 rings (SSSR count). The molecule has 0 saturated heterocycles. The predicted octanol–water partition coefficient (Wildman–Crippen LogP) is 1.66. The summed E-state index contributed by atoms with van der Waals surface area (Å²) in [6.45, 7) is 2.53. The normalized spacial score (nSPS) is 10.7. The standard InChI is InChI=1S/C12H18N6O2/c1-3-4-9-11(18(19)20)12(17(2)16-9)15-6-5-10-13-7-8-14-10/h7-8,15H,3-6H2,1-2H3,(H,13,14). The molecular formula is C12H18N6O2. The van der Waals surface area contributed by atoms with E-state index in [1.165, 1.54) is 4.68 Å². The molecule has 8 nitrogen and oxygen atoms in total. The maximum Gasteiger partial charge on any atom is 0.333 e. The van der Waals surface area contributed by atoms with Crippen LogP contribution in [-0.2, 0) is 19.9 Å². The van der Waals surface area contributed by atoms with E-state index in [4.69, 9.17) is 0 Å². The van der Waals surface area contributed by atoms with Gasteiger partial charge in [-0.25, -0.2) is 9.67 Å². The Labute approximate surface area is 116 Å². The summed E-state index contributed by atoms with van der Waals surface area (Å²) in [5.41, 5.74) is 0.606. The van der Waals surface area contributed by atoms with Gasteiger partial charge in [0, 0.05) is 32.4 Å². The number of imidazole rings is 1. The fourth-order valence-corrected chi connectivity index (χ4v) is 2.10. The van der Waals surface area contributed by atoms with Crippen molar-refractivity contribution in [3.8, 4) is 0 Å². The van der Waals surface area contributed by atoms with Crippen molar-refractivity contribution in [3.63, 3.8) is 0 Å². The molecule has 0 fully saturated rings. The largest absolute Gasteiger partial charge is 0.364 e. The van der Waals surface area contributed by atoms with E-state index in [0.717, 1.165) is 12.2 Å². The predicted molar refractivity (Wildman–Crippen MR) is 74.6 cm³/mol. The van der Waals surface area contributed by atoms with Gasteiger partial charge < -0.3 is 10.3 Å². The molecule has 2 aromatic heterocycles. The fraction of sp³-hybridized carbons (Fsp3) is 0.500. The first-order chi connectivity index (χ1) is 9.63. The van der Waals surface area contributed by atoms with Crippen molar-refractivity contribution in [1.29, 1.82) is 0 Å². The number of nitrogens with one attached hydrogen (secondary N) is 2. The van der Waals surface area contributed by atoms with Gasteiger partial charge in [-0.2, -0.15) is 5.10 Å². The monoisotopic (exact) mass is 278 g/mol. The van der Waals surface area contributed by atoms with E-state index in [1.807, 2.05) is 6.92 Å². The molecule has 0 saturated carbocycles. The van der Waals surface area contributed by atoms with Crippen LogP contribution in [-0.4, -0.2) is 31.2 Å².